The molecule has 17 heavy (non-hydrogen) atoms. The molecular formula is C12H12N2OS2. The van der Waals surface area contributed by atoms with Crippen LogP contribution in [0.3, 0.4) is 0 Å². The van der Waals surface area contributed by atoms with Crippen LogP contribution in [0.5, 0.6) is 5.75 Å². The third-order valence-electron chi connectivity index (χ3n) is 2.15. The van der Waals surface area contributed by atoms with Gasteiger partial charge in [-0.2, -0.15) is 0 Å². The molecular weight excluding hydrogens is 252 g/mol. The van der Waals surface area contributed by atoms with Crippen LogP contribution < -0.4 is 10.5 Å². The summed E-state index contributed by atoms with van der Waals surface area (Å²) in [4.78, 5) is 4.70. The number of hydrogen-bond acceptors (Lipinski definition) is 4. The van der Waals surface area contributed by atoms with E-state index in [1.807, 2.05) is 36.6 Å². The lowest BCUT2D eigenvalue weighted by molar-refractivity contribution is 0.305. The molecule has 0 unspecified atom stereocenters. The number of benzene rings is 1. The Morgan fingerprint density at radius 2 is 2.35 bits per heavy atom. The summed E-state index contributed by atoms with van der Waals surface area (Å²) in [7, 11) is 0. The van der Waals surface area contributed by atoms with Crippen molar-refractivity contribution in [1.82, 2.24) is 4.98 Å². The number of aryl methyl sites for hydroxylation is 1. The van der Waals surface area contributed by atoms with Crippen LogP contribution in [0.2, 0.25) is 0 Å². The van der Waals surface area contributed by atoms with Crippen LogP contribution in [0, 0.1) is 6.92 Å². The number of nitrogens with zero attached hydrogens (tertiary/aromatic N) is 1. The van der Waals surface area contributed by atoms with Gasteiger partial charge in [-0.25, -0.2) is 4.98 Å². The third-order valence-corrected chi connectivity index (χ3v) is 3.32. The molecule has 2 rings (SSSR count). The molecule has 0 spiro atoms. The zero-order valence-electron chi connectivity index (χ0n) is 9.34. The molecule has 0 aliphatic rings. The van der Waals surface area contributed by atoms with Gasteiger partial charge in [0.15, 0.2) is 0 Å². The van der Waals surface area contributed by atoms with E-state index in [1.54, 1.807) is 11.3 Å². The molecule has 0 aliphatic carbocycles. The molecule has 1 aromatic carbocycles. The van der Waals surface area contributed by atoms with Gasteiger partial charge >= 0.3 is 0 Å². The molecule has 5 heteroatoms. The number of thiocarbonyl (C=S) groups is 1. The minimum Gasteiger partial charge on any atom is -0.486 e. The van der Waals surface area contributed by atoms with Crippen molar-refractivity contribution in [3.8, 4) is 5.75 Å². The summed E-state index contributed by atoms with van der Waals surface area (Å²) >= 11 is 6.51. The fourth-order valence-corrected chi connectivity index (χ4v) is 2.16. The summed E-state index contributed by atoms with van der Waals surface area (Å²) < 4.78 is 5.63. The van der Waals surface area contributed by atoms with Crippen molar-refractivity contribution >= 4 is 28.5 Å². The van der Waals surface area contributed by atoms with Gasteiger partial charge in [-0.1, -0.05) is 24.4 Å². The summed E-state index contributed by atoms with van der Waals surface area (Å²) in [6.07, 6.45) is 0. The number of ether oxygens (including phenoxy) is 1. The number of rotatable bonds is 4. The molecule has 0 aliphatic heterocycles. The van der Waals surface area contributed by atoms with Gasteiger partial charge in [0.25, 0.3) is 0 Å². The average Bonchev–Trinajstić information content (AvgIpc) is 2.73. The van der Waals surface area contributed by atoms with Crippen molar-refractivity contribution in [3.63, 3.8) is 0 Å². The second kappa shape index (κ2) is 5.25. The second-order valence-corrected chi connectivity index (χ2v) is 4.95. The lowest BCUT2D eigenvalue weighted by Crippen LogP contribution is -2.09. The summed E-state index contributed by atoms with van der Waals surface area (Å²) in [6.45, 7) is 2.44. The maximum absolute atomic E-state index is 5.63. The molecule has 1 aromatic heterocycles. The maximum atomic E-state index is 5.63. The average molecular weight is 264 g/mol. The van der Waals surface area contributed by atoms with E-state index < -0.39 is 0 Å². The lowest BCUT2D eigenvalue weighted by atomic mass is 10.2. The molecule has 0 bridgehead atoms. The highest BCUT2D eigenvalue weighted by Crippen LogP contribution is 2.16. The number of nitrogens with two attached hydrogens (primary N) is 1. The van der Waals surface area contributed by atoms with Gasteiger partial charge in [-0.15, -0.1) is 11.3 Å². The van der Waals surface area contributed by atoms with Crippen LogP contribution >= 0.6 is 23.6 Å². The SMILES string of the molecule is Cc1csc(COc2cccc(C(N)=S)c2)n1. The largest absolute Gasteiger partial charge is 0.486 e. The Morgan fingerprint density at radius 1 is 1.53 bits per heavy atom. The Hall–Kier alpha value is -1.46. The zero-order valence-corrected chi connectivity index (χ0v) is 11.0. The second-order valence-electron chi connectivity index (χ2n) is 3.56. The van der Waals surface area contributed by atoms with E-state index in [9.17, 15) is 0 Å². The van der Waals surface area contributed by atoms with E-state index in [2.05, 4.69) is 4.98 Å². The molecule has 0 radical (unpaired) electrons. The van der Waals surface area contributed by atoms with Gasteiger partial charge in [-0.05, 0) is 19.1 Å². The van der Waals surface area contributed by atoms with Crippen LogP contribution in [0.15, 0.2) is 29.6 Å². The molecule has 2 aromatic rings. The van der Waals surface area contributed by atoms with E-state index in [-0.39, 0.29) is 0 Å². The van der Waals surface area contributed by atoms with E-state index >= 15 is 0 Å². The Morgan fingerprint density at radius 3 is 3.00 bits per heavy atom. The van der Waals surface area contributed by atoms with E-state index in [1.165, 1.54) is 0 Å². The quantitative estimate of drug-likeness (QED) is 0.863. The molecule has 0 saturated heterocycles. The highest BCUT2D eigenvalue weighted by molar-refractivity contribution is 7.80. The summed E-state index contributed by atoms with van der Waals surface area (Å²) in [5.41, 5.74) is 7.39. The molecule has 1 heterocycles. The Balaban J connectivity index is 2.04. The number of hydrogen-bond donors (Lipinski definition) is 1. The monoisotopic (exact) mass is 264 g/mol. The predicted octanol–water partition coefficient (Wildman–Crippen LogP) is 2.66. The van der Waals surface area contributed by atoms with Crippen LogP contribution in [-0.2, 0) is 6.61 Å². The van der Waals surface area contributed by atoms with Crippen molar-refractivity contribution in [2.75, 3.05) is 0 Å². The Bertz CT molecular complexity index is 537. The first kappa shape index (κ1) is 12.0. The van der Waals surface area contributed by atoms with Crippen molar-refractivity contribution in [1.29, 1.82) is 0 Å². The fourth-order valence-electron chi connectivity index (χ4n) is 1.35. The summed E-state index contributed by atoms with van der Waals surface area (Å²) in [5, 5.41) is 2.97. The Kier molecular flexibility index (Phi) is 3.71. The minimum absolute atomic E-state index is 0.376. The van der Waals surface area contributed by atoms with Crippen LogP contribution in [0.1, 0.15) is 16.3 Å². The van der Waals surface area contributed by atoms with E-state index in [0.29, 0.717) is 11.6 Å². The van der Waals surface area contributed by atoms with Gasteiger partial charge in [0.1, 0.15) is 22.4 Å². The summed E-state index contributed by atoms with van der Waals surface area (Å²) in [5.74, 6) is 0.753. The normalized spacial score (nSPS) is 10.2. The molecule has 0 atom stereocenters. The van der Waals surface area contributed by atoms with Crippen molar-refractivity contribution in [2.24, 2.45) is 5.73 Å². The van der Waals surface area contributed by atoms with Gasteiger partial charge < -0.3 is 10.5 Å². The van der Waals surface area contributed by atoms with E-state index in [0.717, 1.165) is 22.0 Å². The van der Waals surface area contributed by atoms with Gasteiger partial charge in [0.2, 0.25) is 0 Å². The maximum Gasteiger partial charge on any atom is 0.140 e. The molecule has 2 N–H and O–H groups in total. The highest BCUT2D eigenvalue weighted by atomic mass is 32.1. The number of aromatic nitrogens is 1. The molecule has 0 amide bonds. The van der Waals surface area contributed by atoms with Gasteiger partial charge in [0, 0.05) is 16.6 Å². The lowest BCUT2D eigenvalue weighted by Gasteiger charge is -2.05. The first-order valence-electron chi connectivity index (χ1n) is 5.09. The highest BCUT2D eigenvalue weighted by Gasteiger charge is 2.02. The van der Waals surface area contributed by atoms with Crippen molar-refractivity contribution in [2.45, 2.75) is 13.5 Å². The topological polar surface area (TPSA) is 48.1 Å². The Labute approximate surface area is 109 Å². The predicted molar refractivity (Wildman–Crippen MR) is 73.5 cm³/mol. The molecule has 0 fully saturated rings. The van der Waals surface area contributed by atoms with Crippen molar-refractivity contribution < 1.29 is 4.74 Å². The van der Waals surface area contributed by atoms with Gasteiger partial charge in [-0.3, -0.25) is 0 Å². The van der Waals surface area contributed by atoms with Crippen LogP contribution in [0.4, 0.5) is 0 Å². The first-order chi connectivity index (χ1) is 8.15. The van der Waals surface area contributed by atoms with Crippen LogP contribution in [0.25, 0.3) is 0 Å². The third kappa shape index (κ3) is 3.25. The van der Waals surface area contributed by atoms with Crippen LogP contribution in [-0.4, -0.2) is 9.97 Å². The van der Waals surface area contributed by atoms with Gasteiger partial charge in [0.05, 0.1) is 0 Å². The molecule has 3 nitrogen and oxygen atoms in total. The fraction of sp³-hybridized carbons (Fsp3) is 0.167. The minimum atomic E-state index is 0.376. The van der Waals surface area contributed by atoms with Crippen molar-refractivity contribution in [3.05, 3.63) is 45.9 Å². The van der Waals surface area contributed by atoms with E-state index in [4.69, 9.17) is 22.7 Å². The standard InChI is InChI=1S/C12H12N2OS2/c1-8-7-17-11(14-8)6-15-10-4-2-3-9(5-10)12(13)16/h2-5,7H,6H2,1H3,(H2,13,16). The zero-order chi connectivity index (χ0) is 12.3. The smallest absolute Gasteiger partial charge is 0.140 e. The molecule has 88 valence electrons. The summed E-state index contributed by atoms with van der Waals surface area (Å²) in [6, 6.07) is 7.45. The number of thiazole rings is 1. The molecule has 0 saturated carbocycles. The first-order valence-corrected chi connectivity index (χ1v) is 6.37.